The zero-order valence-corrected chi connectivity index (χ0v) is 16.1. The molecule has 0 fully saturated rings. The Labute approximate surface area is 167 Å². The molecule has 0 saturated carbocycles. The number of fused-ring (bicyclic) bond motifs is 3. The van der Waals surface area contributed by atoms with Gasteiger partial charge in [0.1, 0.15) is 17.1 Å². The molecule has 0 unspecified atom stereocenters. The van der Waals surface area contributed by atoms with Crippen LogP contribution in [0.3, 0.4) is 0 Å². The number of nitrogens with zero attached hydrogens (tertiary/aromatic N) is 5. The molecule has 29 heavy (non-hydrogen) atoms. The summed E-state index contributed by atoms with van der Waals surface area (Å²) >= 11 is 0. The Bertz CT molecular complexity index is 1330. The zero-order valence-electron chi connectivity index (χ0n) is 16.1. The molecule has 2 heterocycles. The van der Waals surface area contributed by atoms with E-state index in [1.54, 1.807) is 7.11 Å². The van der Waals surface area contributed by atoms with Gasteiger partial charge in [-0.3, -0.25) is 4.40 Å². The number of benzene rings is 3. The summed E-state index contributed by atoms with van der Waals surface area (Å²) in [4.78, 5) is 4.84. The number of azo groups is 1. The fourth-order valence-corrected chi connectivity index (χ4v) is 3.59. The van der Waals surface area contributed by atoms with Crippen LogP contribution >= 0.6 is 0 Å². The lowest BCUT2D eigenvalue weighted by Gasteiger charge is -1.99. The molecule has 0 aliphatic heterocycles. The van der Waals surface area contributed by atoms with E-state index in [1.807, 2.05) is 54.6 Å². The van der Waals surface area contributed by atoms with Crippen molar-refractivity contribution in [2.45, 2.75) is 0 Å². The smallest absolute Gasteiger partial charge is 0.256 e. The molecule has 5 rings (SSSR count). The molecule has 6 heteroatoms. The lowest BCUT2D eigenvalue weighted by atomic mass is 10.2. The third-order valence-corrected chi connectivity index (χ3v) is 5.01. The summed E-state index contributed by atoms with van der Waals surface area (Å²) in [6.45, 7) is 0. The van der Waals surface area contributed by atoms with E-state index in [4.69, 9.17) is 9.72 Å². The first-order valence-electron chi connectivity index (χ1n) is 9.33. The van der Waals surface area contributed by atoms with Gasteiger partial charge in [0.05, 0.1) is 23.8 Å². The number of hydrogen-bond donors (Lipinski definition) is 0. The van der Waals surface area contributed by atoms with E-state index in [9.17, 15) is 0 Å². The molecule has 142 valence electrons. The molecule has 0 aliphatic carbocycles. The van der Waals surface area contributed by atoms with E-state index in [-0.39, 0.29) is 0 Å². The number of aryl methyl sites for hydroxylation is 1. The minimum absolute atomic E-state index is 0.548. The number of para-hydroxylation sites is 2. The summed E-state index contributed by atoms with van der Waals surface area (Å²) in [6, 6.07) is 25.9. The van der Waals surface area contributed by atoms with Gasteiger partial charge in [-0.1, -0.05) is 42.5 Å². The lowest BCUT2D eigenvalue weighted by Crippen LogP contribution is -1.89. The maximum atomic E-state index is 5.20. The Balaban J connectivity index is 1.72. The molecule has 0 atom stereocenters. The molecule has 0 bridgehead atoms. The summed E-state index contributed by atoms with van der Waals surface area (Å²) < 4.78 is 9.41. The van der Waals surface area contributed by atoms with Crippen molar-refractivity contribution in [1.82, 2.24) is 14.0 Å². The van der Waals surface area contributed by atoms with Gasteiger partial charge in [-0.25, -0.2) is 4.98 Å². The normalized spacial score (nSPS) is 11.7. The van der Waals surface area contributed by atoms with Crippen molar-refractivity contribution >= 4 is 28.3 Å². The lowest BCUT2D eigenvalue weighted by molar-refractivity contribution is 0.415. The maximum absolute atomic E-state index is 5.20. The van der Waals surface area contributed by atoms with Crippen LogP contribution in [0.5, 0.6) is 5.75 Å². The molecule has 0 spiro atoms. The highest BCUT2D eigenvalue weighted by molar-refractivity contribution is 5.89. The Hall–Kier alpha value is -3.93. The highest BCUT2D eigenvalue weighted by atomic mass is 16.5. The Kier molecular flexibility index (Phi) is 4.09. The topological polar surface area (TPSA) is 56.2 Å². The highest BCUT2D eigenvalue weighted by Crippen LogP contribution is 2.34. The number of ether oxygens (including phenoxy) is 1. The molecule has 0 aliphatic rings. The van der Waals surface area contributed by atoms with Gasteiger partial charge in [0, 0.05) is 12.6 Å². The van der Waals surface area contributed by atoms with E-state index in [0.717, 1.165) is 39.4 Å². The summed E-state index contributed by atoms with van der Waals surface area (Å²) in [5.74, 6) is 1.33. The third-order valence-electron chi connectivity index (χ3n) is 5.01. The number of hydrogen-bond acceptors (Lipinski definition) is 4. The van der Waals surface area contributed by atoms with Crippen molar-refractivity contribution in [3.63, 3.8) is 0 Å². The van der Waals surface area contributed by atoms with Crippen LogP contribution in [0.15, 0.2) is 89.1 Å². The Morgan fingerprint density at radius 1 is 0.793 bits per heavy atom. The average molecular weight is 381 g/mol. The maximum Gasteiger partial charge on any atom is 0.256 e. The van der Waals surface area contributed by atoms with Gasteiger partial charge in [-0.15, -0.1) is 10.2 Å². The largest absolute Gasteiger partial charge is 0.497 e. The van der Waals surface area contributed by atoms with Crippen LogP contribution < -0.4 is 4.74 Å². The zero-order chi connectivity index (χ0) is 19.8. The Morgan fingerprint density at radius 2 is 1.48 bits per heavy atom. The van der Waals surface area contributed by atoms with Gasteiger partial charge < -0.3 is 9.30 Å². The van der Waals surface area contributed by atoms with Gasteiger partial charge >= 0.3 is 0 Å². The summed E-state index contributed by atoms with van der Waals surface area (Å²) in [6.07, 6.45) is 0. The van der Waals surface area contributed by atoms with Gasteiger partial charge in [0.25, 0.3) is 5.95 Å². The highest BCUT2D eigenvalue weighted by Gasteiger charge is 2.19. The van der Waals surface area contributed by atoms with Crippen LogP contribution in [-0.4, -0.2) is 21.1 Å². The SMILES string of the molecule is COc1ccc(N=Nc2nc(-c3ccccc3)c3n(C)c4ccccc4n23)cc1. The van der Waals surface area contributed by atoms with Crippen LogP contribution in [0, 0.1) is 0 Å². The first kappa shape index (κ1) is 17.2. The number of methoxy groups -OCH3 is 1. The van der Waals surface area contributed by atoms with Crippen molar-refractivity contribution < 1.29 is 4.74 Å². The molecule has 6 nitrogen and oxygen atoms in total. The van der Waals surface area contributed by atoms with Gasteiger partial charge in [0.2, 0.25) is 0 Å². The first-order valence-corrected chi connectivity index (χ1v) is 9.33. The molecule has 0 amide bonds. The molecule has 3 aromatic carbocycles. The molecule has 2 aromatic heterocycles. The van der Waals surface area contributed by atoms with Crippen LogP contribution in [0.2, 0.25) is 0 Å². The second-order valence-corrected chi connectivity index (χ2v) is 6.73. The minimum Gasteiger partial charge on any atom is -0.497 e. The first-order chi connectivity index (χ1) is 14.3. The van der Waals surface area contributed by atoms with E-state index >= 15 is 0 Å². The number of aromatic nitrogens is 3. The predicted octanol–water partition coefficient (Wildman–Crippen LogP) is 5.92. The molecule has 0 N–H and O–H groups in total. The van der Waals surface area contributed by atoms with Crippen molar-refractivity contribution in [1.29, 1.82) is 0 Å². The second-order valence-electron chi connectivity index (χ2n) is 6.73. The predicted molar refractivity (Wildman–Crippen MR) is 114 cm³/mol. The van der Waals surface area contributed by atoms with Gasteiger partial charge in [0.15, 0.2) is 0 Å². The molecule has 0 radical (unpaired) electrons. The standard InChI is InChI=1S/C23H19N5O/c1-27-19-10-6-7-11-20(19)28-22(27)21(16-8-4-3-5-9-16)24-23(28)26-25-17-12-14-18(29-2)15-13-17/h3-15H,1-2H3. The average Bonchev–Trinajstić information content (AvgIpc) is 3.30. The molecular formula is C23H19N5O. The number of rotatable bonds is 4. The van der Waals surface area contributed by atoms with Gasteiger partial charge in [-0.2, -0.15) is 0 Å². The van der Waals surface area contributed by atoms with Crippen LogP contribution in [0.4, 0.5) is 11.6 Å². The van der Waals surface area contributed by atoms with Gasteiger partial charge in [-0.05, 0) is 36.4 Å². The molecular weight excluding hydrogens is 362 g/mol. The van der Waals surface area contributed by atoms with E-state index < -0.39 is 0 Å². The van der Waals surface area contributed by atoms with Crippen molar-refractivity contribution in [2.75, 3.05) is 7.11 Å². The fourth-order valence-electron chi connectivity index (χ4n) is 3.59. The monoisotopic (exact) mass is 381 g/mol. The van der Waals surface area contributed by atoms with Crippen LogP contribution in [0.25, 0.3) is 27.9 Å². The number of imidazole rings is 2. The van der Waals surface area contributed by atoms with E-state index in [0.29, 0.717) is 5.95 Å². The van der Waals surface area contributed by atoms with Crippen molar-refractivity contribution in [3.05, 3.63) is 78.9 Å². The third kappa shape index (κ3) is 2.86. The molecule has 5 aromatic rings. The van der Waals surface area contributed by atoms with E-state index in [1.165, 1.54) is 0 Å². The molecule has 0 saturated heterocycles. The summed E-state index contributed by atoms with van der Waals surface area (Å²) in [5, 5.41) is 8.89. The summed E-state index contributed by atoms with van der Waals surface area (Å²) in [5.41, 5.74) is 5.81. The minimum atomic E-state index is 0.548. The van der Waals surface area contributed by atoms with E-state index in [2.05, 4.69) is 50.5 Å². The second kappa shape index (κ2) is 6.91. The van der Waals surface area contributed by atoms with Crippen molar-refractivity contribution in [2.24, 2.45) is 17.3 Å². The van der Waals surface area contributed by atoms with Crippen LogP contribution in [-0.2, 0) is 7.05 Å². The van der Waals surface area contributed by atoms with Crippen molar-refractivity contribution in [3.8, 4) is 17.0 Å². The summed E-state index contributed by atoms with van der Waals surface area (Å²) in [7, 11) is 3.69. The quantitative estimate of drug-likeness (QED) is 0.363. The fraction of sp³-hybridized carbons (Fsp3) is 0.0870. The van der Waals surface area contributed by atoms with Crippen LogP contribution in [0.1, 0.15) is 0 Å². The Morgan fingerprint density at radius 3 is 2.21 bits per heavy atom.